The molecule has 130 valence electrons. The van der Waals surface area contributed by atoms with E-state index in [1.54, 1.807) is 26.2 Å². The van der Waals surface area contributed by atoms with Gasteiger partial charge in [0.25, 0.3) is 0 Å². The Morgan fingerprint density at radius 2 is 2.25 bits per heavy atom. The van der Waals surface area contributed by atoms with Crippen LogP contribution >= 0.6 is 0 Å². The number of hydrogen-bond acceptors (Lipinski definition) is 7. The summed E-state index contributed by atoms with van der Waals surface area (Å²) in [6.45, 7) is 3.15. The topological polar surface area (TPSA) is 75.6 Å². The summed E-state index contributed by atoms with van der Waals surface area (Å²) in [5.74, 6) is 0.587. The molecule has 0 N–H and O–H groups in total. The zero-order chi connectivity index (χ0) is 17.0. The lowest BCUT2D eigenvalue weighted by Crippen LogP contribution is -2.29. The van der Waals surface area contributed by atoms with Crippen molar-refractivity contribution in [2.75, 3.05) is 33.5 Å². The standard InChI is InChI=1S/C17H21NO6/c1-3-22-16(19)10-23-15-8-12(4-5-14(15)20-2)13-9-17(24-18-13)6-7-21-11-17/h4-5,8H,3,6-7,9-11H2,1-2H3. The lowest BCUT2D eigenvalue weighted by Gasteiger charge is -2.17. The third kappa shape index (κ3) is 3.46. The second kappa shape index (κ2) is 7.09. The van der Waals surface area contributed by atoms with E-state index in [-0.39, 0.29) is 12.2 Å². The molecule has 2 aliphatic heterocycles. The quantitative estimate of drug-likeness (QED) is 0.739. The van der Waals surface area contributed by atoms with Crippen molar-refractivity contribution in [2.24, 2.45) is 5.16 Å². The Bertz CT molecular complexity index is 636. The number of nitrogens with zero attached hydrogens (tertiary/aromatic N) is 1. The molecule has 1 spiro atoms. The molecule has 3 rings (SSSR count). The van der Waals surface area contributed by atoms with E-state index in [1.807, 2.05) is 6.07 Å². The first kappa shape index (κ1) is 16.6. The van der Waals surface area contributed by atoms with E-state index < -0.39 is 5.97 Å². The number of rotatable bonds is 6. The Balaban J connectivity index is 1.73. The van der Waals surface area contributed by atoms with Crippen molar-refractivity contribution in [1.29, 1.82) is 0 Å². The number of carbonyl (C=O) groups is 1. The number of benzene rings is 1. The van der Waals surface area contributed by atoms with Crippen LogP contribution in [0.1, 0.15) is 25.3 Å². The average molecular weight is 335 g/mol. The summed E-state index contributed by atoms with van der Waals surface area (Å²) in [6, 6.07) is 5.48. The molecule has 1 aromatic carbocycles. The number of ether oxygens (including phenoxy) is 4. The molecule has 1 atom stereocenters. The predicted octanol–water partition coefficient (Wildman–Crippen LogP) is 1.92. The Labute approximate surface area is 140 Å². The predicted molar refractivity (Wildman–Crippen MR) is 85.5 cm³/mol. The fourth-order valence-corrected chi connectivity index (χ4v) is 2.78. The summed E-state index contributed by atoms with van der Waals surface area (Å²) >= 11 is 0. The van der Waals surface area contributed by atoms with Crippen LogP contribution in [0.2, 0.25) is 0 Å². The van der Waals surface area contributed by atoms with Crippen LogP contribution in [0, 0.1) is 0 Å². The molecule has 0 bridgehead atoms. The van der Waals surface area contributed by atoms with E-state index in [1.165, 1.54) is 0 Å². The minimum atomic E-state index is -0.423. The Kier molecular flexibility index (Phi) is 4.89. The van der Waals surface area contributed by atoms with Crippen molar-refractivity contribution >= 4 is 11.7 Å². The molecule has 7 heteroatoms. The van der Waals surface area contributed by atoms with Crippen LogP contribution in [-0.2, 0) is 19.1 Å². The first-order valence-corrected chi connectivity index (χ1v) is 7.95. The smallest absolute Gasteiger partial charge is 0.344 e. The minimum Gasteiger partial charge on any atom is -0.493 e. The van der Waals surface area contributed by atoms with Crippen molar-refractivity contribution in [1.82, 2.24) is 0 Å². The highest BCUT2D eigenvalue weighted by molar-refractivity contribution is 6.02. The summed E-state index contributed by atoms with van der Waals surface area (Å²) in [7, 11) is 1.55. The largest absolute Gasteiger partial charge is 0.493 e. The van der Waals surface area contributed by atoms with E-state index in [2.05, 4.69) is 5.16 Å². The van der Waals surface area contributed by atoms with Gasteiger partial charge >= 0.3 is 5.97 Å². The molecule has 2 heterocycles. The number of oxime groups is 1. The van der Waals surface area contributed by atoms with E-state index in [0.717, 1.165) is 17.7 Å². The van der Waals surface area contributed by atoms with Crippen LogP contribution in [0.15, 0.2) is 23.4 Å². The molecule has 2 aliphatic rings. The number of methoxy groups -OCH3 is 1. The van der Waals surface area contributed by atoms with Crippen molar-refractivity contribution in [3.05, 3.63) is 23.8 Å². The lowest BCUT2D eigenvalue weighted by molar-refractivity contribution is -0.145. The second-order valence-corrected chi connectivity index (χ2v) is 5.75. The molecule has 1 fully saturated rings. The van der Waals surface area contributed by atoms with Crippen molar-refractivity contribution in [3.63, 3.8) is 0 Å². The zero-order valence-electron chi connectivity index (χ0n) is 13.9. The highest BCUT2D eigenvalue weighted by Crippen LogP contribution is 2.36. The van der Waals surface area contributed by atoms with Gasteiger partial charge in [-0.15, -0.1) is 0 Å². The summed E-state index contributed by atoms with van der Waals surface area (Å²) in [4.78, 5) is 17.1. The Morgan fingerprint density at radius 3 is 2.96 bits per heavy atom. The van der Waals surface area contributed by atoms with E-state index in [0.29, 0.717) is 37.7 Å². The highest BCUT2D eigenvalue weighted by Gasteiger charge is 2.43. The third-order valence-corrected chi connectivity index (χ3v) is 4.05. The maximum absolute atomic E-state index is 11.5. The van der Waals surface area contributed by atoms with Crippen LogP contribution < -0.4 is 9.47 Å². The van der Waals surface area contributed by atoms with Crippen LogP contribution in [0.3, 0.4) is 0 Å². The molecule has 24 heavy (non-hydrogen) atoms. The SMILES string of the molecule is CCOC(=O)COc1cc(C2=NOC3(CCOC3)C2)ccc1OC. The summed E-state index contributed by atoms with van der Waals surface area (Å²) < 4.78 is 21.1. The fourth-order valence-electron chi connectivity index (χ4n) is 2.78. The van der Waals surface area contributed by atoms with Crippen molar-refractivity contribution in [2.45, 2.75) is 25.4 Å². The normalized spacial score (nSPS) is 22.2. The lowest BCUT2D eigenvalue weighted by atomic mass is 9.93. The van der Waals surface area contributed by atoms with E-state index >= 15 is 0 Å². The Morgan fingerprint density at radius 1 is 1.38 bits per heavy atom. The van der Waals surface area contributed by atoms with Gasteiger partial charge < -0.3 is 23.8 Å². The van der Waals surface area contributed by atoms with Gasteiger partial charge in [0.2, 0.25) is 0 Å². The van der Waals surface area contributed by atoms with Gasteiger partial charge in [0, 0.05) is 18.4 Å². The summed E-state index contributed by atoms with van der Waals surface area (Å²) in [5, 5.41) is 4.21. The van der Waals surface area contributed by atoms with Gasteiger partial charge in [-0.1, -0.05) is 5.16 Å². The first-order valence-electron chi connectivity index (χ1n) is 7.95. The van der Waals surface area contributed by atoms with Crippen LogP contribution in [0.25, 0.3) is 0 Å². The molecule has 0 amide bonds. The van der Waals surface area contributed by atoms with Crippen LogP contribution in [0.5, 0.6) is 11.5 Å². The molecule has 1 saturated heterocycles. The van der Waals surface area contributed by atoms with Crippen LogP contribution in [0.4, 0.5) is 0 Å². The number of hydrogen-bond donors (Lipinski definition) is 0. The van der Waals surface area contributed by atoms with Gasteiger partial charge in [0.05, 0.1) is 32.6 Å². The van der Waals surface area contributed by atoms with Crippen molar-refractivity contribution < 1.29 is 28.6 Å². The molecule has 1 aromatic rings. The number of esters is 1. The fraction of sp³-hybridized carbons (Fsp3) is 0.529. The van der Waals surface area contributed by atoms with Gasteiger partial charge in [-0.2, -0.15) is 0 Å². The summed E-state index contributed by atoms with van der Waals surface area (Å²) in [5.41, 5.74) is 1.38. The summed E-state index contributed by atoms with van der Waals surface area (Å²) in [6.07, 6.45) is 1.53. The zero-order valence-corrected chi connectivity index (χ0v) is 13.9. The van der Waals surface area contributed by atoms with E-state index in [4.69, 9.17) is 23.8 Å². The maximum Gasteiger partial charge on any atom is 0.344 e. The molecule has 0 aromatic heterocycles. The maximum atomic E-state index is 11.5. The molecule has 0 aliphatic carbocycles. The van der Waals surface area contributed by atoms with Crippen molar-refractivity contribution in [3.8, 4) is 11.5 Å². The average Bonchev–Trinajstić information content (AvgIpc) is 3.23. The molecular weight excluding hydrogens is 314 g/mol. The Hall–Kier alpha value is -2.28. The van der Waals surface area contributed by atoms with Gasteiger partial charge in [0.15, 0.2) is 23.7 Å². The van der Waals surface area contributed by atoms with Gasteiger partial charge in [-0.05, 0) is 25.1 Å². The van der Waals surface area contributed by atoms with Gasteiger partial charge in [-0.3, -0.25) is 0 Å². The third-order valence-electron chi connectivity index (χ3n) is 4.05. The number of carbonyl (C=O) groups excluding carboxylic acids is 1. The second-order valence-electron chi connectivity index (χ2n) is 5.75. The monoisotopic (exact) mass is 335 g/mol. The van der Waals surface area contributed by atoms with Crippen LogP contribution in [-0.4, -0.2) is 50.8 Å². The first-order chi connectivity index (χ1) is 11.7. The minimum absolute atomic E-state index is 0.172. The van der Waals surface area contributed by atoms with E-state index in [9.17, 15) is 4.79 Å². The molecular formula is C17H21NO6. The highest BCUT2D eigenvalue weighted by atomic mass is 16.7. The molecule has 0 radical (unpaired) electrons. The van der Waals surface area contributed by atoms with Gasteiger partial charge in [0.1, 0.15) is 0 Å². The molecule has 0 saturated carbocycles. The molecule has 1 unspecified atom stereocenters. The molecule has 7 nitrogen and oxygen atoms in total. The van der Waals surface area contributed by atoms with Gasteiger partial charge in [-0.25, -0.2) is 4.79 Å².